The average molecular weight is 518 g/mol. The largest absolute Gasteiger partial charge is 0.493 e. The number of pyridine rings is 1. The monoisotopic (exact) mass is 517 g/mol. The molecule has 3 aromatic rings. The van der Waals surface area contributed by atoms with Gasteiger partial charge in [-0.3, -0.25) is 19.8 Å². The fraction of sp³-hybridized carbons (Fsp3) is 0.0455. The van der Waals surface area contributed by atoms with E-state index in [2.05, 4.69) is 4.98 Å². The summed E-state index contributed by atoms with van der Waals surface area (Å²) in [6.07, 6.45) is 2.73. The van der Waals surface area contributed by atoms with Gasteiger partial charge in [0, 0.05) is 12.1 Å². The van der Waals surface area contributed by atoms with Crippen LogP contribution in [0, 0.1) is 15.9 Å². The Morgan fingerprint density at radius 3 is 2.65 bits per heavy atom. The molecule has 1 aliphatic rings. The van der Waals surface area contributed by atoms with Gasteiger partial charge in [0.2, 0.25) is 5.88 Å². The van der Waals surface area contributed by atoms with Gasteiger partial charge in [0.1, 0.15) is 12.0 Å². The number of ether oxygens (including phenoxy) is 2. The van der Waals surface area contributed by atoms with E-state index in [1.165, 1.54) is 42.3 Å². The van der Waals surface area contributed by atoms with Crippen LogP contribution in [-0.4, -0.2) is 27.2 Å². The van der Waals surface area contributed by atoms with Crippen molar-refractivity contribution in [2.45, 2.75) is 0 Å². The minimum Gasteiger partial charge on any atom is -0.493 e. The van der Waals surface area contributed by atoms with E-state index >= 15 is 0 Å². The second-order valence-electron chi connectivity index (χ2n) is 6.74. The first-order valence-electron chi connectivity index (χ1n) is 9.46. The van der Waals surface area contributed by atoms with Gasteiger partial charge in [-0.1, -0.05) is 41.6 Å². The molecule has 12 heteroatoms. The lowest BCUT2D eigenvalue weighted by Crippen LogP contribution is -2.27. The van der Waals surface area contributed by atoms with Crippen molar-refractivity contribution in [3.05, 3.63) is 86.2 Å². The molecule has 0 bridgehead atoms. The summed E-state index contributed by atoms with van der Waals surface area (Å²) in [5.41, 5.74) is 0.850. The number of carbonyl (C=O) groups excluding carboxylic acids is 1. The third-order valence-electron chi connectivity index (χ3n) is 4.59. The van der Waals surface area contributed by atoms with Crippen LogP contribution >= 0.6 is 35.6 Å². The highest BCUT2D eigenvalue weighted by atomic mass is 35.5. The fourth-order valence-electron chi connectivity index (χ4n) is 2.98. The Morgan fingerprint density at radius 1 is 1.21 bits per heavy atom. The predicted octanol–water partition coefficient (Wildman–Crippen LogP) is 5.99. The van der Waals surface area contributed by atoms with Crippen LogP contribution in [0.5, 0.6) is 17.4 Å². The number of thioether (sulfide) groups is 1. The lowest BCUT2D eigenvalue weighted by atomic mass is 10.1. The van der Waals surface area contributed by atoms with Crippen molar-refractivity contribution < 1.29 is 23.6 Å². The highest BCUT2D eigenvalue weighted by molar-refractivity contribution is 8.27. The van der Waals surface area contributed by atoms with Gasteiger partial charge in [-0.2, -0.15) is 0 Å². The van der Waals surface area contributed by atoms with Crippen LogP contribution in [-0.2, 0) is 4.79 Å². The Kier molecular flexibility index (Phi) is 6.77. The van der Waals surface area contributed by atoms with E-state index in [1.807, 2.05) is 0 Å². The van der Waals surface area contributed by atoms with Gasteiger partial charge >= 0.3 is 0 Å². The van der Waals surface area contributed by atoms with Crippen LogP contribution in [0.2, 0.25) is 5.02 Å². The van der Waals surface area contributed by atoms with Crippen LogP contribution in [0.15, 0.2) is 59.6 Å². The zero-order valence-electron chi connectivity index (χ0n) is 17.2. The Balaban J connectivity index is 1.57. The summed E-state index contributed by atoms with van der Waals surface area (Å²) in [6, 6.07) is 11.6. The molecule has 172 valence electrons. The first-order valence-corrected chi connectivity index (χ1v) is 11.1. The molecular weight excluding hydrogens is 505 g/mol. The first kappa shape index (κ1) is 23.6. The van der Waals surface area contributed by atoms with E-state index in [0.717, 1.165) is 18.0 Å². The quantitative estimate of drug-likeness (QED) is 0.170. The molecule has 0 aliphatic carbocycles. The summed E-state index contributed by atoms with van der Waals surface area (Å²) in [5.74, 6) is -0.128. The maximum Gasteiger partial charge on any atom is 0.287 e. The van der Waals surface area contributed by atoms with Crippen molar-refractivity contribution in [2.75, 3.05) is 12.0 Å². The van der Waals surface area contributed by atoms with Crippen molar-refractivity contribution in [1.29, 1.82) is 0 Å². The maximum absolute atomic E-state index is 13.5. The number of methoxy groups -OCH3 is 1. The van der Waals surface area contributed by atoms with Crippen molar-refractivity contribution in [3.8, 4) is 17.4 Å². The molecular formula is C22H13ClFN3O5S2. The highest BCUT2D eigenvalue weighted by Crippen LogP contribution is 2.38. The molecule has 4 rings (SSSR count). The molecule has 8 nitrogen and oxygen atoms in total. The number of aromatic nitrogens is 1. The summed E-state index contributed by atoms with van der Waals surface area (Å²) < 4.78 is 24.8. The molecule has 1 aliphatic heterocycles. The van der Waals surface area contributed by atoms with Gasteiger partial charge in [0.05, 0.1) is 27.6 Å². The molecule has 1 saturated heterocycles. The Labute approximate surface area is 207 Å². The van der Waals surface area contributed by atoms with Crippen molar-refractivity contribution >= 4 is 63.3 Å². The summed E-state index contributed by atoms with van der Waals surface area (Å²) >= 11 is 12.3. The fourth-order valence-corrected chi connectivity index (χ4v) is 4.45. The normalized spacial score (nSPS) is 14.6. The van der Waals surface area contributed by atoms with Crippen molar-refractivity contribution in [3.63, 3.8) is 0 Å². The lowest BCUT2D eigenvalue weighted by Gasteiger charge is -2.14. The Bertz CT molecular complexity index is 1350. The molecule has 0 N–H and O–H groups in total. The third-order valence-corrected chi connectivity index (χ3v) is 6.18. The molecule has 2 heterocycles. The van der Waals surface area contributed by atoms with Crippen molar-refractivity contribution in [1.82, 2.24) is 4.98 Å². The zero-order valence-corrected chi connectivity index (χ0v) is 19.6. The molecule has 0 saturated carbocycles. The standard InChI is InChI=1S/C22H13ClFN3O5S2/c1-31-18-8-12(2-6-17(18)32-20-7-4-14(11-25-20)27(29)30)9-19-21(28)26(22(33)34-19)13-3-5-16(24)15(23)10-13/h2-11H,1H3/b19-9+. The lowest BCUT2D eigenvalue weighted by molar-refractivity contribution is -0.385. The first-order chi connectivity index (χ1) is 16.3. The van der Waals surface area contributed by atoms with Gasteiger partial charge in [-0.25, -0.2) is 9.37 Å². The summed E-state index contributed by atoms with van der Waals surface area (Å²) in [7, 11) is 1.45. The van der Waals surface area contributed by atoms with Crippen LogP contribution < -0.4 is 14.4 Å². The van der Waals surface area contributed by atoms with Gasteiger partial charge in [-0.05, 0) is 42.0 Å². The van der Waals surface area contributed by atoms with Crippen LogP contribution in [0.4, 0.5) is 15.8 Å². The minimum atomic E-state index is -0.593. The molecule has 34 heavy (non-hydrogen) atoms. The van der Waals surface area contributed by atoms with E-state index in [4.69, 9.17) is 33.3 Å². The smallest absolute Gasteiger partial charge is 0.287 e. The molecule has 0 spiro atoms. The van der Waals surface area contributed by atoms with Crippen LogP contribution in [0.1, 0.15) is 5.56 Å². The number of halogens is 2. The molecule has 1 amide bonds. The van der Waals surface area contributed by atoms with Crippen LogP contribution in [0.25, 0.3) is 6.08 Å². The topological polar surface area (TPSA) is 94.8 Å². The Hall–Kier alpha value is -3.54. The Morgan fingerprint density at radius 2 is 2.00 bits per heavy atom. The van der Waals surface area contributed by atoms with Gasteiger partial charge in [0.15, 0.2) is 15.8 Å². The summed E-state index contributed by atoms with van der Waals surface area (Å²) in [5, 5.41) is 10.7. The average Bonchev–Trinajstić information content (AvgIpc) is 3.09. The van der Waals surface area contributed by atoms with Gasteiger partial charge in [0.25, 0.3) is 11.6 Å². The van der Waals surface area contributed by atoms with E-state index in [9.17, 15) is 19.3 Å². The van der Waals surface area contributed by atoms with Gasteiger partial charge < -0.3 is 9.47 Å². The van der Waals surface area contributed by atoms with Crippen LogP contribution in [0.3, 0.4) is 0 Å². The van der Waals surface area contributed by atoms with Crippen molar-refractivity contribution in [2.24, 2.45) is 0 Å². The zero-order chi connectivity index (χ0) is 24.4. The number of nitrogens with zero attached hydrogens (tertiary/aromatic N) is 3. The number of carbonyl (C=O) groups is 1. The number of rotatable bonds is 6. The number of hydrogen-bond acceptors (Lipinski definition) is 8. The molecule has 1 fully saturated rings. The number of anilines is 1. The van der Waals surface area contributed by atoms with E-state index < -0.39 is 10.7 Å². The van der Waals surface area contributed by atoms with E-state index in [0.29, 0.717) is 27.7 Å². The number of thiocarbonyl (C=S) groups is 1. The maximum atomic E-state index is 13.5. The molecule has 0 atom stereocenters. The second kappa shape index (κ2) is 9.75. The molecule has 0 radical (unpaired) electrons. The molecule has 2 aromatic carbocycles. The number of amides is 1. The van der Waals surface area contributed by atoms with Gasteiger partial charge in [-0.15, -0.1) is 0 Å². The minimum absolute atomic E-state index is 0.113. The van der Waals surface area contributed by atoms with E-state index in [-0.39, 0.29) is 26.8 Å². The number of hydrogen-bond donors (Lipinski definition) is 0. The molecule has 0 unspecified atom stereocenters. The number of benzene rings is 2. The molecule has 1 aromatic heterocycles. The third kappa shape index (κ3) is 4.86. The predicted molar refractivity (Wildman–Crippen MR) is 131 cm³/mol. The summed E-state index contributed by atoms with van der Waals surface area (Å²) in [4.78, 5) is 28.7. The highest BCUT2D eigenvalue weighted by Gasteiger charge is 2.33. The summed E-state index contributed by atoms with van der Waals surface area (Å²) in [6.45, 7) is 0. The second-order valence-corrected chi connectivity index (χ2v) is 8.82. The SMILES string of the molecule is COc1cc(/C=C2/SC(=S)N(c3ccc(F)c(Cl)c3)C2=O)ccc1Oc1ccc([N+](=O)[O-])cn1. The number of nitro groups is 1. The van der Waals surface area contributed by atoms with E-state index in [1.54, 1.807) is 24.3 Å².